The molecule has 0 spiro atoms. The molecule has 5 heteroatoms. The number of nitrogens with zero attached hydrogens (tertiary/aromatic N) is 4. The van der Waals surface area contributed by atoms with Crippen molar-refractivity contribution in [1.82, 2.24) is 20.2 Å². The first-order chi connectivity index (χ1) is 12.9. The highest BCUT2D eigenvalue weighted by Crippen LogP contribution is 2.39. The highest BCUT2D eigenvalue weighted by atomic mass is 15.6. The molecule has 0 unspecified atom stereocenters. The molecule has 4 aromatic rings. The van der Waals surface area contributed by atoms with Gasteiger partial charge in [0.05, 0.1) is 0 Å². The van der Waals surface area contributed by atoms with E-state index in [9.17, 15) is 0 Å². The van der Waals surface area contributed by atoms with Crippen molar-refractivity contribution in [2.24, 2.45) is 0 Å². The fourth-order valence-corrected chi connectivity index (χ4v) is 3.34. The molecule has 0 aliphatic carbocycles. The highest BCUT2D eigenvalue weighted by molar-refractivity contribution is 5.49. The highest BCUT2D eigenvalue weighted by Gasteiger charge is 2.41. The van der Waals surface area contributed by atoms with Crippen LogP contribution in [0, 0.1) is 0 Å². The van der Waals surface area contributed by atoms with Gasteiger partial charge in [0, 0.05) is 7.05 Å². The van der Waals surface area contributed by atoms with E-state index >= 15 is 0 Å². The molecule has 1 N–H and O–H groups in total. The lowest BCUT2D eigenvalue weighted by Crippen LogP contribution is -2.39. The minimum atomic E-state index is -0.716. The summed E-state index contributed by atoms with van der Waals surface area (Å²) < 4.78 is 0. The minimum absolute atomic E-state index is 0.483. The molecule has 1 aromatic heterocycles. The molecule has 4 rings (SSSR count). The third-order valence-electron chi connectivity index (χ3n) is 4.51. The fourth-order valence-electron chi connectivity index (χ4n) is 3.34. The predicted octanol–water partition coefficient (Wildman–Crippen LogP) is 3.56. The van der Waals surface area contributed by atoms with Gasteiger partial charge < -0.3 is 5.32 Å². The van der Waals surface area contributed by atoms with Gasteiger partial charge in [-0.1, -0.05) is 96.1 Å². The molecule has 3 aromatic carbocycles. The van der Waals surface area contributed by atoms with Crippen LogP contribution < -0.4 is 5.32 Å². The van der Waals surface area contributed by atoms with Crippen LogP contribution in [0.1, 0.15) is 16.7 Å². The number of aromatic nitrogens is 4. The Kier molecular flexibility index (Phi) is 4.19. The molecule has 0 bridgehead atoms. The van der Waals surface area contributed by atoms with Crippen molar-refractivity contribution in [2.75, 3.05) is 12.4 Å². The van der Waals surface area contributed by atoms with E-state index in [2.05, 4.69) is 57.1 Å². The number of rotatable bonds is 5. The van der Waals surface area contributed by atoms with Gasteiger partial charge in [0.15, 0.2) is 5.54 Å². The van der Waals surface area contributed by atoms with Crippen LogP contribution in [-0.2, 0) is 5.54 Å². The van der Waals surface area contributed by atoms with E-state index in [0.717, 1.165) is 16.7 Å². The molecule has 128 valence electrons. The van der Waals surface area contributed by atoms with Gasteiger partial charge in [0.1, 0.15) is 0 Å². The van der Waals surface area contributed by atoms with Crippen molar-refractivity contribution in [3.63, 3.8) is 0 Å². The fraction of sp³-hybridized carbons (Fsp3) is 0.0952. The lowest BCUT2D eigenvalue weighted by molar-refractivity contribution is 0.396. The number of benzene rings is 3. The second kappa shape index (κ2) is 6.80. The molecule has 0 fully saturated rings. The van der Waals surface area contributed by atoms with Gasteiger partial charge >= 0.3 is 0 Å². The Morgan fingerprint density at radius 3 is 1.46 bits per heavy atom. The van der Waals surface area contributed by atoms with Gasteiger partial charge in [-0.05, 0) is 21.9 Å². The van der Waals surface area contributed by atoms with Crippen LogP contribution in [-0.4, -0.2) is 27.3 Å². The van der Waals surface area contributed by atoms with Crippen LogP contribution in [0.3, 0.4) is 0 Å². The lowest BCUT2D eigenvalue weighted by Gasteiger charge is -2.34. The maximum Gasteiger partial charge on any atom is 0.263 e. The average molecular weight is 341 g/mol. The van der Waals surface area contributed by atoms with Gasteiger partial charge in [-0.3, -0.25) is 0 Å². The summed E-state index contributed by atoms with van der Waals surface area (Å²) in [5.74, 6) is 0.483. The number of tetrazole rings is 1. The second-order valence-corrected chi connectivity index (χ2v) is 5.96. The monoisotopic (exact) mass is 341 g/mol. The van der Waals surface area contributed by atoms with Crippen LogP contribution in [0.5, 0.6) is 0 Å². The summed E-state index contributed by atoms with van der Waals surface area (Å²) >= 11 is 0. The number of hydrogen-bond acceptors (Lipinski definition) is 4. The Balaban J connectivity index is 2.10. The van der Waals surface area contributed by atoms with Crippen molar-refractivity contribution in [3.05, 3.63) is 108 Å². The zero-order chi connectivity index (χ0) is 17.8. The maximum atomic E-state index is 4.61. The van der Waals surface area contributed by atoms with Crippen LogP contribution >= 0.6 is 0 Å². The van der Waals surface area contributed by atoms with Crippen LogP contribution in [0.15, 0.2) is 91.0 Å². The normalized spacial score (nSPS) is 11.3. The summed E-state index contributed by atoms with van der Waals surface area (Å²) in [4.78, 5) is 1.69. The summed E-state index contributed by atoms with van der Waals surface area (Å²) in [6.07, 6.45) is 0. The molecule has 1 heterocycles. The van der Waals surface area contributed by atoms with Crippen molar-refractivity contribution in [3.8, 4) is 0 Å². The number of nitrogens with one attached hydrogen (secondary N) is 1. The standard InChI is InChI=1S/C21H19N5/c1-22-20-23-25-26(24-20)21(17-11-5-2-6-12-17,18-13-7-3-8-14-18)19-15-9-4-10-16-19/h2-16H,1H3,(H,22,24). The molecule has 0 saturated heterocycles. The van der Waals surface area contributed by atoms with E-state index in [1.807, 2.05) is 54.6 Å². The van der Waals surface area contributed by atoms with E-state index in [1.54, 1.807) is 11.8 Å². The van der Waals surface area contributed by atoms with Gasteiger partial charge in [-0.25, -0.2) is 0 Å². The third kappa shape index (κ3) is 2.54. The smallest absolute Gasteiger partial charge is 0.263 e. The van der Waals surface area contributed by atoms with Crippen molar-refractivity contribution in [2.45, 2.75) is 5.54 Å². The maximum absolute atomic E-state index is 4.61. The molecule has 0 radical (unpaired) electrons. The molecular weight excluding hydrogens is 322 g/mol. The molecule has 5 nitrogen and oxygen atoms in total. The van der Waals surface area contributed by atoms with E-state index in [1.165, 1.54) is 0 Å². The van der Waals surface area contributed by atoms with E-state index in [0.29, 0.717) is 5.95 Å². The van der Waals surface area contributed by atoms with Gasteiger partial charge in [0.25, 0.3) is 5.95 Å². The summed E-state index contributed by atoms with van der Waals surface area (Å²) in [7, 11) is 1.79. The van der Waals surface area contributed by atoms with Crippen LogP contribution in [0.2, 0.25) is 0 Å². The summed E-state index contributed by atoms with van der Waals surface area (Å²) in [6, 6.07) is 30.8. The third-order valence-corrected chi connectivity index (χ3v) is 4.51. The molecular formula is C21H19N5. The van der Waals surface area contributed by atoms with Gasteiger partial charge in [-0.2, -0.15) is 0 Å². The van der Waals surface area contributed by atoms with E-state index < -0.39 is 5.54 Å². The topological polar surface area (TPSA) is 55.6 Å². The molecule has 0 aliphatic heterocycles. The minimum Gasteiger partial charge on any atom is -0.355 e. The Morgan fingerprint density at radius 1 is 0.692 bits per heavy atom. The van der Waals surface area contributed by atoms with E-state index in [-0.39, 0.29) is 0 Å². The van der Waals surface area contributed by atoms with Gasteiger partial charge in [-0.15, -0.1) is 9.90 Å². The van der Waals surface area contributed by atoms with Crippen molar-refractivity contribution in [1.29, 1.82) is 0 Å². The molecule has 26 heavy (non-hydrogen) atoms. The van der Waals surface area contributed by atoms with Gasteiger partial charge in [0.2, 0.25) is 0 Å². The first kappa shape index (κ1) is 16.0. The molecule has 0 aliphatic rings. The largest absolute Gasteiger partial charge is 0.355 e. The van der Waals surface area contributed by atoms with Crippen LogP contribution in [0.25, 0.3) is 0 Å². The van der Waals surface area contributed by atoms with Crippen molar-refractivity contribution >= 4 is 5.95 Å². The zero-order valence-electron chi connectivity index (χ0n) is 14.4. The lowest BCUT2D eigenvalue weighted by atomic mass is 9.77. The first-order valence-electron chi connectivity index (χ1n) is 8.50. The second-order valence-electron chi connectivity index (χ2n) is 5.96. The Labute approximate surface area is 152 Å². The number of anilines is 1. The van der Waals surface area contributed by atoms with Crippen LogP contribution in [0.4, 0.5) is 5.95 Å². The van der Waals surface area contributed by atoms with Crippen molar-refractivity contribution < 1.29 is 0 Å². The Morgan fingerprint density at radius 2 is 1.12 bits per heavy atom. The molecule has 0 atom stereocenters. The average Bonchev–Trinajstić information content (AvgIpc) is 3.21. The predicted molar refractivity (Wildman–Crippen MR) is 102 cm³/mol. The Bertz CT molecular complexity index is 868. The summed E-state index contributed by atoms with van der Waals surface area (Å²) in [6.45, 7) is 0. The number of hydrogen-bond donors (Lipinski definition) is 1. The zero-order valence-corrected chi connectivity index (χ0v) is 14.4. The quantitative estimate of drug-likeness (QED) is 0.564. The molecule has 0 amide bonds. The first-order valence-corrected chi connectivity index (χ1v) is 8.50. The molecule has 0 saturated carbocycles. The summed E-state index contributed by atoms with van der Waals surface area (Å²) in [5, 5.41) is 16.1. The SMILES string of the molecule is CNc1nnn(C(c2ccccc2)(c2ccccc2)c2ccccc2)n1. The Hall–Kier alpha value is -3.47. The summed E-state index contributed by atoms with van der Waals surface area (Å²) in [5.41, 5.74) is 2.48. The van der Waals surface area contributed by atoms with E-state index in [4.69, 9.17) is 0 Å².